The van der Waals surface area contributed by atoms with Crippen LogP contribution in [0.25, 0.3) is 0 Å². The van der Waals surface area contributed by atoms with Gasteiger partial charge in [0.25, 0.3) is 0 Å². The molecule has 0 spiro atoms. The van der Waals surface area contributed by atoms with Crippen molar-refractivity contribution in [2.45, 2.75) is 0 Å². The fourth-order valence-corrected chi connectivity index (χ4v) is 2.08. The standard InChI is InChI=1S/C18H14O6/c19-11-2-1-3-14(7-11)24-18-5-4-15(10-17(18)22)23-16-8-12(20)6-13(21)9-16/h1-10,19-22H. The second kappa shape index (κ2) is 6.29. The van der Waals surface area contributed by atoms with E-state index in [2.05, 4.69) is 0 Å². The van der Waals surface area contributed by atoms with Gasteiger partial charge >= 0.3 is 0 Å². The highest BCUT2D eigenvalue weighted by atomic mass is 16.5. The molecule has 24 heavy (non-hydrogen) atoms. The first-order valence-corrected chi connectivity index (χ1v) is 7.00. The first-order valence-electron chi connectivity index (χ1n) is 7.00. The van der Waals surface area contributed by atoms with Crippen LogP contribution in [0.15, 0.2) is 60.7 Å². The molecule has 3 aromatic rings. The second-order valence-electron chi connectivity index (χ2n) is 5.02. The Labute approximate surface area is 137 Å². The number of phenolic OH excluding ortho intramolecular Hbond substituents is 4. The topological polar surface area (TPSA) is 99.4 Å². The summed E-state index contributed by atoms with van der Waals surface area (Å²) < 4.78 is 11.0. The van der Waals surface area contributed by atoms with E-state index in [9.17, 15) is 20.4 Å². The molecule has 0 aliphatic heterocycles. The maximum Gasteiger partial charge on any atom is 0.169 e. The van der Waals surface area contributed by atoms with Crippen LogP contribution in [0.4, 0.5) is 0 Å². The zero-order valence-corrected chi connectivity index (χ0v) is 12.4. The summed E-state index contributed by atoms with van der Waals surface area (Å²) in [6.07, 6.45) is 0. The van der Waals surface area contributed by atoms with Crippen LogP contribution in [0.1, 0.15) is 0 Å². The molecule has 3 aromatic carbocycles. The summed E-state index contributed by atoms with van der Waals surface area (Å²) in [4.78, 5) is 0. The van der Waals surface area contributed by atoms with Crippen molar-refractivity contribution >= 4 is 0 Å². The van der Waals surface area contributed by atoms with Crippen LogP contribution in [0.3, 0.4) is 0 Å². The largest absolute Gasteiger partial charge is 0.508 e. The van der Waals surface area contributed by atoms with Crippen LogP contribution >= 0.6 is 0 Å². The molecular formula is C18H14O6. The quantitative estimate of drug-likeness (QED) is 0.576. The second-order valence-corrected chi connectivity index (χ2v) is 5.02. The Balaban J connectivity index is 1.79. The zero-order chi connectivity index (χ0) is 17.1. The molecule has 0 aliphatic rings. The fraction of sp³-hybridized carbons (Fsp3) is 0. The molecule has 0 amide bonds. The predicted octanol–water partition coefficient (Wildman–Crippen LogP) is 4.09. The molecule has 122 valence electrons. The van der Waals surface area contributed by atoms with E-state index in [0.29, 0.717) is 11.5 Å². The van der Waals surface area contributed by atoms with Crippen LogP contribution in [-0.2, 0) is 0 Å². The third-order valence-electron chi connectivity index (χ3n) is 3.09. The van der Waals surface area contributed by atoms with Gasteiger partial charge in [-0.2, -0.15) is 0 Å². The summed E-state index contributed by atoms with van der Waals surface area (Å²) in [5.41, 5.74) is 0. The lowest BCUT2D eigenvalue weighted by Crippen LogP contribution is -1.87. The SMILES string of the molecule is Oc1cc(O)cc(Oc2ccc(Oc3cccc(O)c3)c(O)c2)c1. The normalized spacial score (nSPS) is 10.3. The molecule has 0 aliphatic carbocycles. The van der Waals surface area contributed by atoms with Gasteiger partial charge in [0, 0.05) is 30.3 Å². The van der Waals surface area contributed by atoms with Crippen LogP contribution < -0.4 is 9.47 Å². The summed E-state index contributed by atoms with van der Waals surface area (Å²) in [7, 11) is 0. The van der Waals surface area contributed by atoms with Gasteiger partial charge < -0.3 is 29.9 Å². The van der Waals surface area contributed by atoms with Crippen LogP contribution in [-0.4, -0.2) is 20.4 Å². The molecule has 4 N–H and O–H groups in total. The van der Waals surface area contributed by atoms with Gasteiger partial charge in [0.05, 0.1) is 0 Å². The molecule has 0 unspecified atom stereocenters. The Morgan fingerprint density at radius 1 is 0.542 bits per heavy atom. The zero-order valence-electron chi connectivity index (χ0n) is 12.4. The van der Waals surface area contributed by atoms with Gasteiger partial charge in [-0.25, -0.2) is 0 Å². The third kappa shape index (κ3) is 3.61. The summed E-state index contributed by atoms with van der Waals surface area (Å²) in [5, 5.41) is 38.3. The molecule has 0 atom stereocenters. The number of rotatable bonds is 4. The van der Waals surface area contributed by atoms with Gasteiger partial charge in [0.2, 0.25) is 0 Å². The van der Waals surface area contributed by atoms with Gasteiger partial charge in [-0.05, 0) is 24.3 Å². The van der Waals surface area contributed by atoms with Crippen molar-refractivity contribution < 1.29 is 29.9 Å². The average molecular weight is 326 g/mol. The van der Waals surface area contributed by atoms with Crippen molar-refractivity contribution in [1.29, 1.82) is 0 Å². The van der Waals surface area contributed by atoms with Crippen LogP contribution in [0.2, 0.25) is 0 Å². The smallest absolute Gasteiger partial charge is 0.169 e. The lowest BCUT2D eigenvalue weighted by Gasteiger charge is -2.11. The first-order chi connectivity index (χ1) is 11.5. The monoisotopic (exact) mass is 326 g/mol. The molecule has 0 aromatic heterocycles. The van der Waals surface area contributed by atoms with Crippen molar-refractivity contribution in [2.24, 2.45) is 0 Å². The highest BCUT2D eigenvalue weighted by Crippen LogP contribution is 2.37. The fourth-order valence-electron chi connectivity index (χ4n) is 2.08. The Kier molecular flexibility index (Phi) is 4.03. The van der Waals surface area contributed by atoms with E-state index in [0.717, 1.165) is 0 Å². The van der Waals surface area contributed by atoms with Crippen molar-refractivity contribution in [1.82, 2.24) is 0 Å². The van der Waals surface area contributed by atoms with E-state index >= 15 is 0 Å². The molecule has 6 nitrogen and oxygen atoms in total. The molecule has 0 fully saturated rings. The third-order valence-corrected chi connectivity index (χ3v) is 3.09. The van der Waals surface area contributed by atoms with E-state index in [1.807, 2.05) is 0 Å². The minimum atomic E-state index is -0.166. The lowest BCUT2D eigenvalue weighted by atomic mass is 10.2. The first kappa shape index (κ1) is 15.4. The Hall–Kier alpha value is -3.54. The highest BCUT2D eigenvalue weighted by molar-refractivity contribution is 5.49. The van der Waals surface area contributed by atoms with E-state index in [-0.39, 0.29) is 34.5 Å². The molecule has 0 bridgehead atoms. The molecule has 0 heterocycles. The van der Waals surface area contributed by atoms with E-state index < -0.39 is 0 Å². The van der Waals surface area contributed by atoms with Gasteiger partial charge in [-0.15, -0.1) is 0 Å². The molecule has 6 heteroatoms. The Bertz CT molecular complexity index is 855. The molecule has 3 rings (SSSR count). The number of hydrogen-bond donors (Lipinski definition) is 4. The Morgan fingerprint density at radius 3 is 1.88 bits per heavy atom. The van der Waals surface area contributed by atoms with Crippen LogP contribution in [0.5, 0.6) is 46.0 Å². The maximum atomic E-state index is 10.0. The number of benzene rings is 3. The minimum absolute atomic E-state index is 0.0515. The number of ether oxygens (including phenoxy) is 2. The van der Waals surface area contributed by atoms with Crippen molar-refractivity contribution in [3.8, 4) is 46.0 Å². The summed E-state index contributed by atoms with van der Waals surface area (Å²) in [6.45, 7) is 0. The van der Waals surface area contributed by atoms with E-state index in [1.165, 1.54) is 42.5 Å². The van der Waals surface area contributed by atoms with Gasteiger partial charge in [-0.1, -0.05) is 6.07 Å². The lowest BCUT2D eigenvalue weighted by molar-refractivity contribution is 0.400. The molecule has 0 radical (unpaired) electrons. The van der Waals surface area contributed by atoms with Gasteiger partial charge in [0.15, 0.2) is 11.5 Å². The van der Waals surface area contributed by atoms with Crippen molar-refractivity contribution in [3.05, 3.63) is 60.7 Å². The molecular weight excluding hydrogens is 312 g/mol. The average Bonchev–Trinajstić information content (AvgIpc) is 2.49. The van der Waals surface area contributed by atoms with Gasteiger partial charge in [0.1, 0.15) is 34.5 Å². The van der Waals surface area contributed by atoms with Crippen molar-refractivity contribution in [2.75, 3.05) is 0 Å². The number of aromatic hydroxyl groups is 4. The number of phenols is 4. The Morgan fingerprint density at radius 2 is 1.21 bits per heavy atom. The van der Waals surface area contributed by atoms with Crippen molar-refractivity contribution in [3.63, 3.8) is 0 Å². The van der Waals surface area contributed by atoms with Crippen LogP contribution in [0, 0.1) is 0 Å². The summed E-state index contributed by atoms with van der Waals surface area (Å²) in [5.74, 6) is 0.671. The summed E-state index contributed by atoms with van der Waals surface area (Å²) in [6, 6.07) is 14.4. The predicted molar refractivity (Wildman–Crippen MR) is 86.1 cm³/mol. The van der Waals surface area contributed by atoms with E-state index in [4.69, 9.17) is 9.47 Å². The maximum absolute atomic E-state index is 10.0. The minimum Gasteiger partial charge on any atom is -0.508 e. The van der Waals surface area contributed by atoms with E-state index in [1.54, 1.807) is 18.2 Å². The molecule has 0 saturated carbocycles. The summed E-state index contributed by atoms with van der Waals surface area (Å²) >= 11 is 0. The molecule has 0 saturated heterocycles. The highest BCUT2D eigenvalue weighted by Gasteiger charge is 2.08. The number of hydrogen-bond acceptors (Lipinski definition) is 6. The van der Waals surface area contributed by atoms with Gasteiger partial charge in [-0.3, -0.25) is 0 Å².